The van der Waals surface area contributed by atoms with Crippen LogP contribution in [-0.2, 0) is 4.74 Å². The number of nitrogen functional groups attached to an aromatic ring is 1. The number of hydrogen-bond donors (Lipinski definition) is 4. The number of nitrogens with two attached hydrogens (primary N) is 1. The highest BCUT2D eigenvalue weighted by Gasteiger charge is 2.19. The summed E-state index contributed by atoms with van der Waals surface area (Å²) in [4.78, 5) is 25.7. The topological polar surface area (TPSA) is 161 Å². The van der Waals surface area contributed by atoms with Crippen molar-refractivity contribution in [3.05, 3.63) is 103 Å². The Labute approximate surface area is 247 Å². The maximum absolute atomic E-state index is 13.0. The largest absolute Gasteiger partial charge is 0.480 e. The van der Waals surface area contributed by atoms with E-state index in [0.717, 1.165) is 11.1 Å². The number of carbonyl (C=O) groups excluding carboxylic acids is 2. The van der Waals surface area contributed by atoms with Crippen molar-refractivity contribution in [2.75, 3.05) is 23.0 Å². The zero-order chi connectivity index (χ0) is 30.2. The maximum atomic E-state index is 13.0. The van der Waals surface area contributed by atoms with E-state index >= 15 is 0 Å². The van der Waals surface area contributed by atoms with Gasteiger partial charge in [-0.15, -0.1) is 15.3 Å². The van der Waals surface area contributed by atoms with Crippen LogP contribution in [0.25, 0.3) is 28.1 Å². The molecular formula is C31H29N9O3. The Morgan fingerprint density at radius 3 is 2.35 bits per heavy atom. The number of rotatable bonds is 8. The predicted octanol–water partition coefficient (Wildman–Crippen LogP) is 5.32. The second-order valence-electron chi connectivity index (χ2n) is 9.17. The Balaban J connectivity index is 1.36. The standard InChI is InChI=1S/C31H29N9O3/c1-3-43-20(2)36-39-30(41)24-19-33-40(29(24)32)27-16-10-8-14-23(27)22-13-7-9-15-26(22)34-31(42)35-28-18-17-25(37-38-28)21-11-5-4-6-12-21/h4-19H,3,32H2,1-2H3,(H,39,41)(H2,34,35,38,42). The van der Waals surface area contributed by atoms with Crippen LogP contribution >= 0.6 is 0 Å². The molecule has 0 bridgehead atoms. The first-order valence-corrected chi connectivity index (χ1v) is 13.4. The molecule has 0 fully saturated rings. The van der Waals surface area contributed by atoms with Gasteiger partial charge in [-0.05, 0) is 31.2 Å². The van der Waals surface area contributed by atoms with E-state index in [4.69, 9.17) is 10.5 Å². The van der Waals surface area contributed by atoms with Crippen LogP contribution in [0.15, 0.2) is 102 Å². The monoisotopic (exact) mass is 575 g/mol. The van der Waals surface area contributed by atoms with Gasteiger partial charge in [0.2, 0.25) is 5.90 Å². The molecule has 5 rings (SSSR count). The van der Waals surface area contributed by atoms with Crippen molar-refractivity contribution in [3.63, 3.8) is 0 Å². The molecule has 3 aromatic carbocycles. The van der Waals surface area contributed by atoms with Gasteiger partial charge < -0.3 is 15.8 Å². The van der Waals surface area contributed by atoms with E-state index in [9.17, 15) is 9.59 Å². The van der Waals surface area contributed by atoms with Crippen molar-refractivity contribution in [3.8, 4) is 28.1 Å². The van der Waals surface area contributed by atoms with E-state index < -0.39 is 11.9 Å². The molecule has 2 aromatic heterocycles. The second-order valence-corrected chi connectivity index (χ2v) is 9.17. The molecule has 0 aliphatic rings. The van der Waals surface area contributed by atoms with Crippen LogP contribution in [0.1, 0.15) is 24.2 Å². The molecule has 0 atom stereocenters. The molecule has 0 radical (unpaired) electrons. The summed E-state index contributed by atoms with van der Waals surface area (Å²) in [6, 6.07) is 27.3. The van der Waals surface area contributed by atoms with Gasteiger partial charge in [0.15, 0.2) is 5.82 Å². The fraction of sp³-hybridized carbons (Fsp3) is 0.0968. The normalized spacial score (nSPS) is 11.1. The molecule has 12 heteroatoms. The molecule has 0 unspecified atom stereocenters. The minimum Gasteiger partial charge on any atom is -0.480 e. The van der Waals surface area contributed by atoms with Gasteiger partial charge in [-0.2, -0.15) is 5.10 Å². The minimum atomic E-state index is -0.529. The summed E-state index contributed by atoms with van der Waals surface area (Å²) < 4.78 is 6.70. The Hall–Kier alpha value is -6.04. The first-order valence-electron chi connectivity index (χ1n) is 13.4. The summed E-state index contributed by atoms with van der Waals surface area (Å²) in [6.07, 6.45) is 1.37. The lowest BCUT2D eigenvalue weighted by molar-refractivity contribution is 0.0953. The molecule has 216 valence electrons. The highest BCUT2D eigenvalue weighted by Crippen LogP contribution is 2.34. The molecule has 0 saturated carbocycles. The van der Waals surface area contributed by atoms with E-state index in [1.54, 1.807) is 25.1 Å². The first kappa shape index (κ1) is 28.5. The maximum Gasteiger partial charge on any atom is 0.324 e. The smallest absolute Gasteiger partial charge is 0.324 e. The fourth-order valence-corrected chi connectivity index (χ4v) is 4.30. The number of anilines is 3. The molecule has 0 aliphatic heterocycles. The molecule has 43 heavy (non-hydrogen) atoms. The van der Waals surface area contributed by atoms with Gasteiger partial charge in [0, 0.05) is 23.6 Å². The minimum absolute atomic E-state index is 0.120. The number of nitrogens with zero attached hydrogens (tertiary/aromatic N) is 5. The van der Waals surface area contributed by atoms with Crippen molar-refractivity contribution in [1.29, 1.82) is 0 Å². The quantitative estimate of drug-likeness (QED) is 0.111. The van der Waals surface area contributed by atoms with Gasteiger partial charge in [0.05, 0.1) is 29.9 Å². The fourth-order valence-electron chi connectivity index (χ4n) is 4.30. The molecular weight excluding hydrogens is 546 g/mol. The molecule has 5 aromatic rings. The number of benzene rings is 3. The lowest BCUT2D eigenvalue weighted by atomic mass is 10.0. The Morgan fingerprint density at radius 1 is 0.884 bits per heavy atom. The van der Waals surface area contributed by atoms with Gasteiger partial charge in [0.1, 0.15) is 11.4 Å². The van der Waals surface area contributed by atoms with Crippen LogP contribution in [0.2, 0.25) is 0 Å². The van der Waals surface area contributed by atoms with E-state index in [1.807, 2.05) is 79.7 Å². The van der Waals surface area contributed by atoms with Crippen LogP contribution in [0, 0.1) is 0 Å². The molecule has 2 heterocycles. The van der Waals surface area contributed by atoms with Crippen molar-refractivity contribution >= 4 is 35.2 Å². The lowest BCUT2D eigenvalue weighted by Gasteiger charge is -2.16. The van der Waals surface area contributed by atoms with Crippen LogP contribution in [-0.4, -0.2) is 44.4 Å². The lowest BCUT2D eigenvalue weighted by Crippen LogP contribution is -2.21. The summed E-state index contributed by atoms with van der Waals surface area (Å²) in [6.45, 7) is 3.88. The van der Waals surface area contributed by atoms with Crippen LogP contribution < -0.4 is 21.8 Å². The van der Waals surface area contributed by atoms with E-state index in [0.29, 0.717) is 41.0 Å². The molecule has 0 spiro atoms. The van der Waals surface area contributed by atoms with Gasteiger partial charge in [-0.1, -0.05) is 66.7 Å². The van der Waals surface area contributed by atoms with Crippen LogP contribution in [0.5, 0.6) is 0 Å². The average molecular weight is 576 g/mol. The van der Waals surface area contributed by atoms with E-state index in [-0.39, 0.29) is 11.4 Å². The van der Waals surface area contributed by atoms with E-state index in [1.165, 1.54) is 10.9 Å². The number of hydrogen-bond acceptors (Lipinski definition) is 8. The second kappa shape index (κ2) is 13.1. The summed E-state index contributed by atoms with van der Waals surface area (Å²) in [5, 5.41) is 22.2. The molecule has 5 N–H and O–H groups in total. The number of urea groups is 1. The third kappa shape index (κ3) is 6.65. The Kier molecular flexibility index (Phi) is 8.67. The third-order valence-corrected chi connectivity index (χ3v) is 6.29. The zero-order valence-corrected chi connectivity index (χ0v) is 23.5. The number of nitrogens with one attached hydrogen (secondary N) is 3. The number of ether oxygens (including phenoxy) is 1. The van der Waals surface area contributed by atoms with Crippen LogP contribution in [0.3, 0.4) is 0 Å². The average Bonchev–Trinajstić information content (AvgIpc) is 3.42. The zero-order valence-electron chi connectivity index (χ0n) is 23.5. The number of para-hydroxylation sites is 2. The highest BCUT2D eigenvalue weighted by molar-refractivity contribution is 6.03. The third-order valence-electron chi connectivity index (χ3n) is 6.29. The molecule has 0 saturated heterocycles. The van der Waals surface area contributed by atoms with Gasteiger partial charge in [-0.3, -0.25) is 10.1 Å². The van der Waals surface area contributed by atoms with Gasteiger partial charge >= 0.3 is 6.03 Å². The van der Waals surface area contributed by atoms with Gasteiger partial charge in [0.25, 0.3) is 5.91 Å². The van der Waals surface area contributed by atoms with Crippen molar-refractivity contribution < 1.29 is 14.3 Å². The molecule has 3 amide bonds. The Bertz CT molecular complexity index is 1770. The first-order chi connectivity index (χ1) is 20.9. The Morgan fingerprint density at radius 2 is 1.60 bits per heavy atom. The summed E-state index contributed by atoms with van der Waals surface area (Å²) in [5.74, 6) is 0.205. The number of carbonyl (C=O) groups is 2. The SMILES string of the molecule is CCOC(C)=NNC(=O)c1cnn(-c2ccccc2-c2ccccc2NC(=O)Nc2ccc(-c3ccccc3)nn2)c1N. The molecule has 12 nitrogen and oxygen atoms in total. The summed E-state index contributed by atoms with van der Waals surface area (Å²) >= 11 is 0. The summed E-state index contributed by atoms with van der Waals surface area (Å²) in [7, 11) is 0. The summed E-state index contributed by atoms with van der Waals surface area (Å²) in [5.41, 5.74) is 13.1. The van der Waals surface area contributed by atoms with Crippen molar-refractivity contribution in [2.24, 2.45) is 5.10 Å². The molecule has 0 aliphatic carbocycles. The van der Waals surface area contributed by atoms with Crippen molar-refractivity contribution in [2.45, 2.75) is 13.8 Å². The number of amides is 3. The van der Waals surface area contributed by atoms with Crippen LogP contribution in [0.4, 0.5) is 22.1 Å². The van der Waals surface area contributed by atoms with Gasteiger partial charge in [-0.25, -0.2) is 14.9 Å². The highest BCUT2D eigenvalue weighted by atomic mass is 16.5. The van der Waals surface area contributed by atoms with Crippen molar-refractivity contribution in [1.82, 2.24) is 25.4 Å². The van der Waals surface area contributed by atoms with E-state index in [2.05, 4.69) is 36.5 Å². The predicted molar refractivity (Wildman–Crippen MR) is 166 cm³/mol. The number of hydrazone groups is 1. The number of aromatic nitrogens is 4.